The van der Waals surface area contributed by atoms with E-state index >= 15 is 0 Å². The maximum atomic E-state index is 9.10. The molecule has 0 amide bonds. The van der Waals surface area contributed by atoms with Crippen LogP contribution in [-0.2, 0) is 16.0 Å². The number of carbonyl (C=O) groups is 2. The summed E-state index contributed by atoms with van der Waals surface area (Å²) in [7, 11) is 0. The fraction of sp³-hybridized carbons (Fsp3) is 0.444. The van der Waals surface area contributed by atoms with Gasteiger partial charge < -0.3 is 15.2 Å². The zero-order chi connectivity index (χ0) is 21.9. The SMILES string of the molecule is O=C(O)C(=O)O.[2H]C([2H])(c1c[nH]c2ccccc12)C([2H])([2H])N(C(C)C)C(C)C. The number of fused-ring (bicyclic) bond motifs is 1. The minimum Gasteiger partial charge on any atom is -0.473 e. The molecule has 132 valence electrons. The predicted octanol–water partition coefficient (Wildman–Crippen LogP) is 2.98. The summed E-state index contributed by atoms with van der Waals surface area (Å²) in [6.07, 6.45) is -0.553. The van der Waals surface area contributed by atoms with Crippen LogP contribution in [0.3, 0.4) is 0 Å². The summed E-state index contributed by atoms with van der Waals surface area (Å²) < 4.78 is 34.0. The number of H-pyrrole nitrogens is 1. The third kappa shape index (κ3) is 5.70. The number of nitrogens with zero attached hydrogens (tertiary/aromatic N) is 1. The number of carboxylic acid groups (broad SMARTS) is 2. The molecule has 3 N–H and O–H groups in total. The van der Waals surface area contributed by atoms with Crippen molar-refractivity contribution in [2.45, 2.75) is 46.2 Å². The van der Waals surface area contributed by atoms with Gasteiger partial charge in [0.1, 0.15) is 0 Å². The smallest absolute Gasteiger partial charge is 0.414 e. The second-order valence-corrected chi connectivity index (χ2v) is 5.69. The van der Waals surface area contributed by atoms with Crippen LogP contribution in [0.25, 0.3) is 10.9 Å². The van der Waals surface area contributed by atoms with Crippen molar-refractivity contribution < 1.29 is 25.3 Å². The van der Waals surface area contributed by atoms with Crippen molar-refractivity contribution in [2.75, 3.05) is 6.50 Å². The molecule has 0 aliphatic heterocycles. The fourth-order valence-corrected chi connectivity index (χ4v) is 2.15. The zero-order valence-corrected chi connectivity index (χ0v) is 14.2. The number of para-hydroxylation sites is 1. The van der Waals surface area contributed by atoms with E-state index in [-0.39, 0.29) is 12.1 Å². The normalized spacial score (nSPS) is 14.6. The Morgan fingerprint density at radius 1 is 1.12 bits per heavy atom. The Morgan fingerprint density at radius 3 is 2.17 bits per heavy atom. The van der Waals surface area contributed by atoms with Crippen molar-refractivity contribution in [1.29, 1.82) is 0 Å². The number of nitrogens with one attached hydrogen (secondary N) is 1. The largest absolute Gasteiger partial charge is 0.473 e. The summed E-state index contributed by atoms with van der Waals surface area (Å²) in [5, 5.41) is 15.5. The molecule has 6 heteroatoms. The highest BCUT2D eigenvalue weighted by Crippen LogP contribution is 2.19. The van der Waals surface area contributed by atoms with Gasteiger partial charge in [-0.1, -0.05) is 18.2 Å². The Morgan fingerprint density at radius 2 is 1.67 bits per heavy atom. The second-order valence-electron chi connectivity index (χ2n) is 5.69. The van der Waals surface area contributed by atoms with Gasteiger partial charge in [-0.2, -0.15) is 0 Å². The molecule has 1 heterocycles. The molecule has 1 aromatic carbocycles. The number of hydrogen-bond donors (Lipinski definition) is 3. The average Bonchev–Trinajstić information content (AvgIpc) is 2.98. The molecule has 6 nitrogen and oxygen atoms in total. The van der Waals surface area contributed by atoms with E-state index in [0.29, 0.717) is 5.56 Å². The molecular formula is C18H26N2O4. The molecule has 2 aromatic rings. The highest BCUT2D eigenvalue weighted by atomic mass is 16.4. The first-order valence-corrected chi connectivity index (χ1v) is 7.56. The van der Waals surface area contributed by atoms with Crippen molar-refractivity contribution in [3.8, 4) is 0 Å². The lowest BCUT2D eigenvalue weighted by molar-refractivity contribution is -0.159. The van der Waals surface area contributed by atoms with Crippen LogP contribution in [-0.4, -0.2) is 50.6 Å². The monoisotopic (exact) mass is 338 g/mol. The Bertz CT molecular complexity index is 814. The zero-order valence-electron chi connectivity index (χ0n) is 18.2. The molecule has 0 aliphatic carbocycles. The molecule has 0 radical (unpaired) electrons. The van der Waals surface area contributed by atoms with E-state index in [1.54, 1.807) is 11.1 Å². The molecule has 0 spiro atoms. The van der Waals surface area contributed by atoms with Gasteiger partial charge in [-0.05, 0) is 45.7 Å². The van der Waals surface area contributed by atoms with Crippen LogP contribution in [0.4, 0.5) is 0 Å². The summed E-state index contributed by atoms with van der Waals surface area (Å²) in [6, 6.07) is 7.21. The van der Waals surface area contributed by atoms with Crippen molar-refractivity contribution in [3.05, 3.63) is 36.0 Å². The van der Waals surface area contributed by atoms with Crippen LogP contribution in [0.5, 0.6) is 0 Å². The lowest BCUT2D eigenvalue weighted by Crippen LogP contribution is -2.38. The quantitative estimate of drug-likeness (QED) is 0.729. The summed E-state index contributed by atoms with van der Waals surface area (Å²) in [5.41, 5.74) is 1.18. The van der Waals surface area contributed by atoms with E-state index in [1.807, 2.05) is 52.0 Å². The highest BCUT2D eigenvalue weighted by molar-refractivity contribution is 6.27. The summed E-state index contributed by atoms with van der Waals surface area (Å²) in [6.45, 7) is 5.44. The van der Waals surface area contributed by atoms with E-state index in [1.165, 1.54) is 0 Å². The Balaban J connectivity index is 0.000000568. The molecular weight excluding hydrogens is 308 g/mol. The lowest BCUT2D eigenvalue weighted by atomic mass is 10.1. The van der Waals surface area contributed by atoms with Crippen LogP contribution in [0, 0.1) is 0 Å². The number of aromatic amines is 1. The van der Waals surface area contributed by atoms with E-state index in [9.17, 15) is 0 Å². The van der Waals surface area contributed by atoms with Gasteiger partial charge in [-0.25, -0.2) is 9.59 Å². The van der Waals surface area contributed by atoms with E-state index in [4.69, 9.17) is 25.3 Å². The van der Waals surface area contributed by atoms with Gasteiger partial charge in [0.25, 0.3) is 0 Å². The van der Waals surface area contributed by atoms with Gasteiger partial charge in [0, 0.05) is 41.2 Å². The number of aliphatic carboxylic acids is 2. The van der Waals surface area contributed by atoms with Crippen LogP contribution < -0.4 is 0 Å². The van der Waals surface area contributed by atoms with Crippen molar-refractivity contribution in [2.24, 2.45) is 0 Å². The van der Waals surface area contributed by atoms with Crippen LogP contribution in [0.2, 0.25) is 0 Å². The molecule has 1 aromatic heterocycles. The molecule has 0 saturated heterocycles. The molecule has 0 bridgehead atoms. The van der Waals surface area contributed by atoms with Gasteiger partial charge in [-0.3, -0.25) is 4.90 Å². The Labute approximate surface area is 147 Å². The van der Waals surface area contributed by atoms with Gasteiger partial charge in [-0.15, -0.1) is 0 Å². The third-order valence-corrected chi connectivity index (χ3v) is 3.20. The van der Waals surface area contributed by atoms with Crippen LogP contribution in [0.1, 0.15) is 38.7 Å². The number of carboxylic acids is 2. The standard InChI is InChI=1S/C16H24N2.C2H2O4/c1-12(2)18(13(3)4)10-9-14-11-17-16-8-6-5-7-15(14)16;3-1(4)2(5)6/h5-8,11-13,17H,9-10H2,1-4H3;(H,3,4)(H,5,6)/i9D2,10D2;. The topological polar surface area (TPSA) is 93.6 Å². The van der Waals surface area contributed by atoms with Gasteiger partial charge in [0.05, 0.1) is 0 Å². The number of aryl methyl sites for hydroxylation is 1. The summed E-state index contributed by atoms with van der Waals surface area (Å²) in [4.78, 5) is 22.8. The number of benzene rings is 1. The molecule has 0 unspecified atom stereocenters. The maximum absolute atomic E-state index is 9.10. The van der Waals surface area contributed by atoms with Gasteiger partial charge in [0.15, 0.2) is 0 Å². The predicted molar refractivity (Wildman–Crippen MR) is 94.3 cm³/mol. The van der Waals surface area contributed by atoms with Gasteiger partial charge >= 0.3 is 11.9 Å². The van der Waals surface area contributed by atoms with Crippen molar-refractivity contribution in [1.82, 2.24) is 9.88 Å². The van der Waals surface area contributed by atoms with Crippen LogP contribution >= 0.6 is 0 Å². The molecule has 0 atom stereocenters. The number of rotatable bonds is 5. The second kappa shape index (κ2) is 9.08. The van der Waals surface area contributed by atoms with E-state index in [0.717, 1.165) is 10.9 Å². The first-order chi connectivity index (χ1) is 12.7. The van der Waals surface area contributed by atoms with Crippen molar-refractivity contribution in [3.63, 3.8) is 0 Å². The minimum absolute atomic E-state index is 0.102. The maximum Gasteiger partial charge on any atom is 0.414 e. The first-order valence-electron chi connectivity index (χ1n) is 9.56. The Hall–Kier alpha value is -2.34. The molecule has 0 fully saturated rings. The highest BCUT2D eigenvalue weighted by Gasteiger charge is 2.13. The van der Waals surface area contributed by atoms with E-state index < -0.39 is 24.8 Å². The summed E-state index contributed by atoms with van der Waals surface area (Å²) >= 11 is 0. The first kappa shape index (κ1) is 14.0. The fourth-order valence-electron chi connectivity index (χ4n) is 2.15. The number of aromatic nitrogens is 1. The molecule has 24 heavy (non-hydrogen) atoms. The molecule has 2 rings (SSSR count). The third-order valence-electron chi connectivity index (χ3n) is 3.20. The number of hydrogen-bond acceptors (Lipinski definition) is 3. The summed E-state index contributed by atoms with van der Waals surface area (Å²) in [5.74, 6) is -3.65. The average molecular weight is 338 g/mol. The Kier molecular flexibility index (Phi) is 5.31. The lowest BCUT2D eigenvalue weighted by Gasteiger charge is -2.30. The molecule has 0 aliphatic rings. The minimum atomic E-state index is -2.14. The van der Waals surface area contributed by atoms with E-state index in [2.05, 4.69) is 4.98 Å². The van der Waals surface area contributed by atoms with Gasteiger partial charge in [0.2, 0.25) is 0 Å². The molecule has 0 saturated carbocycles. The van der Waals surface area contributed by atoms with Crippen LogP contribution in [0.15, 0.2) is 30.5 Å². The van der Waals surface area contributed by atoms with Crippen molar-refractivity contribution >= 4 is 22.8 Å².